The van der Waals surface area contributed by atoms with E-state index >= 15 is 0 Å². The molecule has 0 spiro atoms. The fourth-order valence-electron chi connectivity index (χ4n) is 2.49. The number of halogens is 2. The van der Waals surface area contributed by atoms with E-state index in [4.69, 9.17) is 4.74 Å². The van der Waals surface area contributed by atoms with Crippen molar-refractivity contribution >= 4 is 39.2 Å². The summed E-state index contributed by atoms with van der Waals surface area (Å²) in [6, 6.07) is 11.4. The van der Waals surface area contributed by atoms with E-state index in [2.05, 4.69) is 41.2 Å². The minimum atomic E-state index is -0.458. The number of carbonyl (C=O) groups is 1. The highest BCUT2D eigenvalue weighted by Crippen LogP contribution is 2.23. The van der Waals surface area contributed by atoms with Crippen molar-refractivity contribution in [2.75, 3.05) is 12.4 Å². The van der Waals surface area contributed by atoms with E-state index in [9.17, 15) is 14.4 Å². The number of rotatable bonds is 7. The van der Waals surface area contributed by atoms with Gasteiger partial charge in [-0.2, -0.15) is 0 Å². The van der Waals surface area contributed by atoms with Crippen molar-refractivity contribution in [1.29, 1.82) is 0 Å². The van der Waals surface area contributed by atoms with Gasteiger partial charge in [-0.15, -0.1) is 0 Å². The first-order valence-corrected chi connectivity index (χ1v) is 9.49. The van der Waals surface area contributed by atoms with E-state index in [1.807, 2.05) is 29.7 Å². The van der Waals surface area contributed by atoms with E-state index in [1.54, 1.807) is 7.11 Å². The summed E-state index contributed by atoms with van der Waals surface area (Å²) < 4.78 is 23.4. The monoisotopic (exact) mass is 477 g/mol. The third-order valence-corrected chi connectivity index (χ3v) is 4.63. The molecule has 2 aromatic carbocycles. The maximum absolute atomic E-state index is 13.4. The van der Waals surface area contributed by atoms with Gasteiger partial charge in [0, 0.05) is 6.42 Å². The van der Waals surface area contributed by atoms with Crippen molar-refractivity contribution < 1.29 is 23.8 Å². The third kappa shape index (κ3) is 5.39. The summed E-state index contributed by atoms with van der Waals surface area (Å²) in [6.07, 6.45) is 0.682. The summed E-state index contributed by atoms with van der Waals surface area (Å²) in [5, 5.41) is 19.3. The summed E-state index contributed by atoms with van der Waals surface area (Å²) in [5.41, 5.74) is 3.15. The van der Waals surface area contributed by atoms with Crippen molar-refractivity contribution in [3.8, 4) is 5.75 Å². The summed E-state index contributed by atoms with van der Waals surface area (Å²) in [7, 11) is 1.58. The van der Waals surface area contributed by atoms with Crippen LogP contribution in [0.2, 0.25) is 0 Å². The topological polar surface area (TPSA) is 122 Å². The Morgan fingerprint density at radius 3 is 2.70 bits per heavy atom. The minimum Gasteiger partial charge on any atom is -0.497 e. The van der Waals surface area contributed by atoms with Crippen LogP contribution in [-0.2, 0) is 11.2 Å². The molecule has 0 radical (unpaired) electrons. The molecule has 1 aromatic heterocycles. The van der Waals surface area contributed by atoms with Crippen molar-refractivity contribution in [3.63, 3.8) is 0 Å². The average molecular weight is 478 g/mol. The van der Waals surface area contributed by atoms with Gasteiger partial charge in [-0.1, -0.05) is 12.1 Å². The second kappa shape index (κ2) is 9.94. The Morgan fingerprint density at radius 1 is 1.27 bits per heavy atom. The molecule has 0 aliphatic rings. The highest BCUT2D eigenvalue weighted by molar-refractivity contribution is 9.10. The lowest BCUT2D eigenvalue weighted by Crippen LogP contribution is -2.23. The minimum absolute atomic E-state index is 0.0174. The Balaban J connectivity index is 1.69. The lowest BCUT2D eigenvalue weighted by atomic mass is 10.1. The summed E-state index contributed by atoms with van der Waals surface area (Å²) in [5.74, 6) is -0.209. The molecule has 3 N–H and O–H groups in total. The van der Waals surface area contributed by atoms with Crippen molar-refractivity contribution in [3.05, 3.63) is 64.0 Å². The van der Waals surface area contributed by atoms with Crippen molar-refractivity contribution in [1.82, 2.24) is 15.8 Å². The highest BCUT2D eigenvalue weighted by Gasteiger charge is 2.19. The largest absolute Gasteiger partial charge is 0.497 e. The number of hydrogen-bond donors (Lipinski definition) is 3. The van der Waals surface area contributed by atoms with Gasteiger partial charge in [0.1, 0.15) is 11.6 Å². The Kier molecular flexibility index (Phi) is 7.09. The lowest BCUT2D eigenvalue weighted by Gasteiger charge is -2.06. The lowest BCUT2D eigenvalue weighted by molar-refractivity contribution is -0.116. The summed E-state index contributed by atoms with van der Waals surface area (Å²) in [6.45, 7) is 0. The van der Waals surface area contributed by atoms with Gasteiger partial charge < -0.3 is 10.1 Å². The number of amides is 1. The molecule has 1 amide bonds. The molecule has 11 heteroatoms. The number of hydroxylamine groups is 1. The second-order valence-electron chi connectivity index (χ2n) is 6.03. The number of aromatic nitrogens is 2. The van der Waals surface area contributed by atoms with Crippen LogP contribution in [0.3, 0.4) is 0 Å². The average Bonchev–Trinajstić information content (AvgIpc) is 3.21. The van der Waals surface area contributed by atoms with Gasteiger partial charge in [-0.3, -0.25) is 15.5 Å². The molecule has 0 atom stereocenters. The quantitative estimate of drug-likeness (QED) is 0.270. The maximum atomic E-state index is 13.4. The summed E-state index contributed by atoms with van der Waals surface area (Å²) in [4.78, 5) is 16.4. The fraction of sp³-hybridized carbons (Fsp3) is 0.158. The molecule has 3 aromatic rings. The van der Waals surface area contributed by atoms with E-state index in [1.165, 1.54) is 18.2 Å². The number of hydrogen-bond acceptors (Lipinski definition) is 7. The molecule has 0 unspecified atom stereocenters. The Morgan fingerprint density at radius 2 is 2.03 bits per heavy atom. The normalized spacial score (nSPS) is 11.3. The first-order valence-electron chi connectivity index (χ1n) is 8.69. The van der Waals surface area contributed by atoms with Crippen LogP contribution in [-0.4, -0.2) is 34.4 Å². The van der Waals surface area contributed by atoms with E-state index in [0.29, 0.717) is 12.1 Å². The van der Waals surface area contributed by atoms with Crippen LogP contribution >= 0.6 is 15.9 Å². The molecule has 156 valence electrons. The smallest absolute Gasteiger partial charge is 0.226 e. The number of nitrogens with zero attached hydrogens (tertiary/aromatic N) is 3. The van der Waals surface area contributed by atoms with Crippen LogP contribution in [0.5, 0.6) is 5.75 Å². The molecule has 0 aliphatic heterocycles. The number of benzene rings is 2. The Labute approximate surface area is 179 Å². The van der Waals surface area contributed by atoms with E-state index in [0.717, 1.165) is 11.3 Å². The first-order chi connectivity index (χ1) is 14.5. The molecule has 0 saturated heterocycles. The van der Waals surface area contributed by atoms with Gasteiger partial charge in [0.2, 0.25) is 11.7 Å². The molecular formula is C19H17BrFN5O4. The number of methoxy groups -OCH3 is 1. The predicted octanol–water partition coefficient (Wildman–Crippen LogP) is 3.61. The van der Waals surface area contributed by atoms with Gasteiger partial charge >= 0.3 is 0 Å². The third-order valence-electron chi connectivity index (χ3n) is 4.02. The van der Waals surface area contributed by atoms with Gasteiger partial charge in [-0.25, -0.2) is 14.0 Å². The number of ether oxygens (including phenoxy) is 1. The molecule has 0 aliphatic carbocycles. The van der Waals surface area contributed by atoms with Crippen LogP contribution in [0.1, 0.15) is 17.7 Å². The van der Waals surface area contributed by atoms with Crippen LogP contribution < -0.4 is 15.5 Å². The molecule has 0 bridgehead atoms. The molecular weight excluding hydrogens is 461 g/mol. The van der Waals surface area contributed by atoms with Crippen LogP contribution in [0.4, 0.5) is 15.9 Å². The van der Waals surface area contributed by atoms with Gasteiger partial charge in [0.05, 0.1) is 17.3 Å². The highest BCUT2D eigenvalue weighted by atomic mass is 79.9. The summed E-state index contributed by atoms with van der Waals surface area (Å²) >= 11 is 3.06. The van der Waals surface area contributed by atoms with Crippen LogP contribution in [0.25, 0.3) is 0 Å². The number of amidine groups is 1. The molecule has 3 rings (SSSR count). The number of anilines is 1. The maximum Gasteiger partial charge on any atom is 0.226 e. The molecule has 9 nitrogen and oxygen atoms in total. The van der Waals surface area contributed by atoms with Gasteiger partial charge in [-0.05, 0) is 68.6 Å². The van der Waals surface area contributed by atoms with Crippen molar-refractivity contribution in [2.24, 2.45) is 4.99 Å². The molecule has 30 heavy (non-hydrogen) atoms. The zero-order chi connectivity index (χ0) is 21.5. The van der Waals surface area contributed by atoms with Crippen molar-refractivity contribution in [2.45, 2.75) is 12.8 Å². The van der Waals surface area contributed by atoms with Gasteiger partial charge in [0.15, 0.2) is 11.5 Å². The molecule has 0 saturated carbocycles. The van der Waals surface area contributed by atoms with Gasteiger partial charge in [0.25, 0.3) is 0 Å². The molecule has 0 fully saturated rings. The zero-order valence-corrected chi connectivity index (χ0v) is 17.3. The predicted molar refractivity (Wildman–Crippen MR) is 109 cm³/mol. The number of aryl methyl sites for hydroxylation is 1. The SMILES string of the molecule is COc1ccc(CCC(=O)Nc2nonc2C(=Nc2ccc(F)c(Br)c2)NO)cc1. The standard InChI is InChI=1S/C19H17BrFN5O4/c1-29-13-6-2-11(3-7-13)4-9-16(27)23-19-17(25-30-26-19)18(24-28)22-12-5-8-15(21)14(20)10-12/h2-3,5-8,10,28H,4,9H2,1H3,(H,22,24)(H,23,26,27). The number of carbonyl (C=O) groups excluding carboxylic acids is 1. The Bertz CT molecular complexity index is 1060. The first kappa shape index (κ1) is 21.4. The van der Waals surface area contributed by atoms with E-state index < -0.39 is 5.82 Å². The number of nitrogens with one attached hydrogen (secondary N) is 2. The number of aliphatic imine (C=N–C) groups is 1. The molecule has 1 heterocycles. The Hall–Kier alpha value is -3.31. The van der Waals surface area contributed by atoms with Crippen LogP contribution in [0, 0.1) is 5.82 Å². The van der Waals surface area contributed by atoms with Crippen LogP contribution in [0.15, 0.2) is 56.6 Å². The van der Waals surface area contributed by atoms with E-state index in [-0.39, 0.29) is 34.1 Å². The second-order valence-corrected chi connectivity index (χ2v) is 6.88. The zero-order valence-electron chi connectivity index (χ0n) is 15.7. The fourth-order valence-corrected chi connectivity index (χ4v) is 2.85.